The van der Waals surface area contributed by atoms with Gasteiger partial charge in [-0.05, 0) is 38.0 Å². The van der Waals surface area contributed by atoms with Gasteiger partial charge in [0.2, 0.25) is 0 Å². The molecule has 0 saturated heterocycles. The molecule has 0 aliphatic heterocycles. The molecule has 0 aliphatic carbocycles. The zero-order chi connectivity index (χ0) is 18.8. The Hall–Kier alpha value is -1.32. The number of amides is 1. The third-order valence-corrected chi connectivity index (χ3v) is 4.30. The van der Waals surface area contributed by atoms with Crippen LogP contribution in [0.2, 0.25) is 0 Å². The fraction of sp³-hybridized carbons (Fsp3) is 0.762. The van der Waals surface area contributed by atoms with Crippen molar-refractivity contribution in [2.24, 2.45) is 11.1 Å². The van der Waals surface area contributed by atoms with E-state index in [9.17, 15) is 14.1 Å². The summed E-state index contributed by atoms with van der Waals surface area (Å²) in [5.74, 6) is -0.199. The standard InChI is InChI=1S/C21H36FNO2/c1-3-4-15-19(2)16-13-11-9-7-5-6-8-10-12-14-17-20(22)18-21(24)23-25/h7,9,13,16,19-20H,3-6,8,10-12,14-15,17-18H2,1-2H3/b9-7-,16-13-. The highest BCUT2D eigenvalue weighted by Gasteiger charge is 2.12. The first-order valence-electron chi connectivity index (χ1n) is 9.92. The summed E-state index contributed by atoms with van der Waals surface area (Å²) < 4.78 is 13.3. The summed E-state index contributed by atoms with van der Waals surface area (Å²) in [4.78, 5) is 20.6. The maximum absolute atomic E-state index is 13.3. The number of carbonyl (C=O) groups excluding carboxylic acids is 1. The van der Waals surface area contributed by atoms with Gasteiger partial charge in [0.15, 0.2) is 0 Å². The van der Waals surface area contributed by atoms with Crippen LogP contribution in [0.5, 0.6) is 0 Å². The monoisotopic (exact) mass is 353 g/mol. The van der Waals surface area contributed by atoms with E-state index in [4.69, 9.17) is 0 Å². The van der Waals surface area contributed by atoms with Gasteiger partial charge in [-0.3, -0.25) is 4.79 Å². The Balaban J connectivity index is 3.42. The van der Waals surface area contributed by atoms with Crippen LogP contribution < -0.4 is 0 Å². The average Bonchev–Trinajstić information content (AvgIpc) is 2.60. The first kappa shape index (κ1) is 23.7. The minimum Gasteiger partial charge on any atom is -0.269 e. The third-order valence-electron chi connectivity index (χ3n) is 4.30. The highest BCUT2D eigenvalue weighted by molar-refractivity contribution is 5.76. The van der Waals surface area contributed by atoms with Gasteiger partial charge in [0.25, 0.3) is 5.91 Å². The van der Waals surface area contributed by atoms with Crippen LogP contribution >= 0.6 is 0 Å². The summed E-state index contributed by atoms with van der Waals surface area (Å²) in [5.41, 5.74) is 0. The lowest BCUT2D eigenvalue weighted by Gasteiger charge is -2.04. The molecule has 0 aromatic carbocycles. The van der Waals surface area contributed by atoms with Gasteiger partial charge in [-0.1, -0.05) is 76.7 Å². The van der Waals surface area contributed by atoms with Crippen LogP contribution in [0, 0.1) is 10.8 Å². The molecular weight excluding hydrogens is 317 g/mol. The van der Waals surface area contributed by atoms with Crippen LogP contribution in [0.25, 0.3) is 0 Å². The Kier molecular flexibility index (Phi) is 16.6. The van der Waals surface area contributed by atoms with Crippen LogP contribution in [-0.2, 0) is 4.79 Å². The SMILES string of the molecule is CCCCC(C)/C=C\C/C=C\CCCCCCCC(F)CC(=O)N=O. The van der Waals surface area contributed by atoms with Crippen LogP contribution in [0.15, 0.2) is 29.5 Å². The van der Waals surface area contributed by atoms with Crippen molar-refractivity contribution in [3.8, 4) is 0 Å². The molecule has 2 unspecified atom stereocenters. The number of halogens is 1. The molecule has 1 amide bonds. The second-order valence-electron chi connectivity index (χ2n) is 6.89. The largest absolute Gasteiger partial charge is 0.289 e. The average molecular weight is 354 g/mol. The topological polar surface area (TPSA) is 46.5 Å². The van der Waals surface area contributed by atoms with Crippen molar-refractivity contribution >= 4 is 5.91 Å². The van der Waals surface area contributed by atoms with E-state index in [1.807, 2.05) is 0 Å². The first-order valence-corrected chi connectivity index (χ1v) is 9.92. The minimum absolute atomic E-state index is 0.351. The Labute approximate surface area is 153 Å². The summed E-state index contributed by atoms with van der Waals surface area (Å²) in [6.45, 7) is 4.50. The molecule has 4 heteroatoms. The molecule has 0 fully saturated rings. The van der Waals surface area contributed by atoms with E-state index < -0.39 is 12.1 Å². The molecule has 0 aliphatic rings. The summed E-state index contributed by atoms with van der Waals surface area (Å²) >= 11 is 0. The maximum atomic E-state index is 13.3. The molecule has 3 nitrogen and oxygen atoms in total. The molecule has 0 aromatic heterocycles. The van der Waals surface area contributed by atoms with E-state index in [1.54, 1.807) is 0 Å². The summed E-state index contributed by atoms with van der Waals surface area (Å²) in [6.07, 6.45) is 19.0. The molecule has 25 heavy (non-hydrogen) atoms. The predicted octanol–water partition coefficient (Wildman–Crippen LogP) is 7.07. The van der Waals surface area contributed by atoms with Gasteiger partial charge in [0, 0.05) is 5.18 Å². The van der Waals surface area contributed by atoms with Gasteiger partial charge in [-0.2, -0.15) is 0 Å². The quantitative estimate of drug-likeness (QED) is 0.169. The number of nitroso groups, excluding NO2 is 1. The number of rotatable bonds is 16. The van der Waals surface area contributed by atoms with Crippen LogP contribution in [0.3, 0.4) is 0 Å². The number of hydrogen-bond donors (Lipinski definition) is 0. The van der Waals surface area contributed by atoms with Gasteiger partial charge < -0.3 is 0 Å². The van der Waals surface area contributed by atoms with Crippen LogP contribution in [-0.4, -0.2) is 12.1 Å². The molecule has 0 aromatic rings. The van der Waals surface area contributed by atoms with Gasteiger partial charge in [0.1, 0.15) is 6.17 Å². The highest BCUT2D eigenvalue weighted by Crippen LogP contribution is 2.13. The van der Waals surface area contributed by atoms with E-state index in [2.05, 4.69) is 43.3 Å². The van der Waals surface area contributed by atoms with Crippen molar-refractivity contribution in [2.45, 2.75) is 97.1 Å². The van der Waals surface area contributed by atoms with Crippen molar-refractivity contribution in [3.05, 3.63) is 29.2 Å². The lowest BCUT2D eigenvalue weighted by Crippen LogP contribution is -2.06. The second kappa shape index (κ2) is 17.5. The number of carbonyl (C=O) groups is 1. The smallest absolute Gasteiger partial charge is 0.269 e. The van der Waals surface area contributed by atoms with Gasteiger partial charge >= 0.3 is 0 Å². The first-order chi connectivity index (χ1) is 12.1. The minimum atomic E-state index is -1.22. The number of alkyl halides is 1. The van der Waals surface area contributed by atoms with Crippen molar-refractivity contribution in [1.82, 2.24) is 0 Å². The molecular formula is C21H36FNO2. The normalized spacial score (nSPS) is 14.2. The molecule has 0 radical (unpaired) electrons. The summed E-state index contributed by atoms with van der Waals surface area (Å²) in [7, 11) is 0. The number of allylic oxidation sites excluding steroid dienone is 4. The summed E-state index contributed by atoms with van der Waals surface area (Å²) in [5, 5.41) is 2.21. The van der Waals surface area contributed by atoms with E-state index in [0.717, 1.165) is 38.5 Å². The number of hydrogen-bond acceptors (Lipinski definition) is 2. The third kappa shape index (κ3) is 17.3. The lowest BCUT2D eigenvalue weighted by molar-refractivity contribution is -0.119. The van der Waals surface area contributed by atoms with Crippen LogP contribution in [0.4, 0.5) is 4.39 Å². The molecule has 0 saturated carbocycles. The Morgan fingerprint density at radius 1 is 1.00 bits per heavy atom. The van der Waals surface area contributed by atoms with Crippen LogP contribution in [0.1, 0.15) is 90.9 Å². The Bertz CT molecular complexity index is 393. The molecule has 0 spiro atoms. The lowest BCUT2D eigenvalue weighted by atomic mass is 10.0. The Morgan fingerprint density at radius 2 is 1.72 bits per heavy atom. The van der Waals surface area contributed by atoms with E-state index in [-0.39, 0.29) is 6.42 Å². The molecule has 0 N–H and O–H groups in total. The number of nitrogens with zero attached hydrogens (tertiary/aromatic N) is 1. The zero-order valence-corrected chi connectivity index (χ0v) is 16.1. The predicted molar refractivity (Wildman–Crippen MR) is 104 cm³/mol. The maximum Gasteiger partial charge on any atom is 0.289 e. The fourth-order valence-corrected chi connectivity index (χ4v) is 2.71. The van der Waals surface area contributed by atoms with E-state index in [0.29, 0.717) is 12.3 Å². The Morgan fingerprint density at radius 3 is 2.44 bits per heavy atom. The van der Waals surface area contributed by atoms with Crippen molar-refractivity contribution in [1.29, 1.82) is 0 Å². The van der Waals surface area contributed by atoms with E-state index in [1.165, 1.54) is 25.7 Å². The molecule has 0 bridgehead atoms. The van der Waals surface area contributed by atoms with Crippen molar-refractivity contribution in [3.63, 3.8) is 0 Å². The van der Waals surface area contributed by atoms with Gasteiger partial charge in [-0.25, -0.2) is 4.39 Å². The van der Waals surface area contributed by atoms with Crippen molar-refractivity contribution < 1.29 is 9.18 Å². The van der Waals surface area contributed by atoms with Gasteiger partial charge in [-0.15, -0.1) is 4.91 Å². The fourth-order valence-electron chi connectivity index (χ4n) is 2.71. The second-order valence-corrected chi connectivity index (χ2v) is 6.89. The highest BCUT2D eigenvalue weighted by atomic mass is 19.1. The number of unbranched alkanes of at least 4 members (excludes halogenated alkanes) is 6. The van der Waals surface area contributed by atoms with Crippen molar-refractivity contribution in [2.75, 3.05) is 0 Å². The van der Waals surface area contributed by atoms with Gasteiger partial charge in [0.05, 0.1) is 6.42 Å². The molecule has 144 valence electrons. The summed E-state index contributed by atoms with van der Waals surface area (Å²) in [6, 6.07) is 0. The molecule has 2 atom stereocenters. The zero-order valence-electron chi connectivity index (χ0n) is 16.1. The molecule has 0 rings (SSSR count). The van der Waals surface area contributed by atoms with E-state index >= 15 is 0 Å². The molecule has 0 heterocycles.